The van der Waals surface area contributed by atoms with Crippen LogP contribution in [0.25, 0.3) is 0 Å². The van der Waals surface area contributed by atoms with E-state index in [4.69, 9.17) is 0 Å². The third-order valence-electron chi connectivity index (χ3n) is 3.93. The standard InChI is InChI=1S/C17H26N2O/c1-12(2)8-16-11-19(14(4)10-18-16)17(20)15-7-5-6-13(3)9-15/h5-7,9,12,14,16,18H,8,10-11H2,1-4H3. The lowest BCUT2D eigenvalue weighted by Crippen LogP contribution is -2.57. The zero-order valence-electron chi connectivity index (χ0n) is 13.0. The molecule has 3 heteroatoms. The highest BCUT2D eigenvalue weighted by atomic mass is 16.2. The van der Waals surface area contributed by atoms with Crippen molar-refractivity contribution in [2.45, 2.75) is 46.2 Å². The quantitative estimate of drug-likeness (QED) is 0.919. The van der Waals surface area contributed by atoms with E-state index >= 15 is 0 Å². The number of nitrogens with one attached hydrogen (secondary N) is 1. The molecule has 110 valence electrons. The number of benzene rings is 1. The molecule has 1 amide bonds. The van der Waals surface area contributed by atoms with E-state index in [0.717, 1.165) is 30.6 Å². The zero-order valence-corrected chi connectivity index (χ0v) is 13.0. The number of hydrogen-bond acceptors (Lipinski definition) is 2. The SMILES string of the molecule is Cc1cccc(C(=O)N2CC(CC(C)C)NCC2C)c1. The maximum Gasteiger partial charge on any atom is 0.254 e. The van der Waals surface area contributed by atoms with Crippen LogP contribution in [0.5, 0.6) is 0 Å². The Kier molecular flexibility index (Phi) is 4.81. The summed E-state index contributed by atoms with van der Waals surface area (Å²) in [6.07, 6.45) is 1.12. The van der Waals surface area contributed by atoms with Gasteiger partial charge in [0.25, 0.3) is 5.91 Å². The predicted molar refractivity (Wildman–Crippen MR) is 82.9 cm³/mol. The summed E-state index contributed by atoms with van der Waals surface area (Å²) in [5.74, 6) is 0.813. The molecule has 2 rings (SSSR count). The highest BCUT2D eigenvalue weighted by molar-refractivity contribution is 5.94. The molecule has 0 bridgehead atoms. The number of nitrogens with zero attached hydrogens (tertiary/aromatic N) is 1. The summed E-state index contributed by atoms with van der Waals surface area (Å²) >= 11 is 0. The van der Waals surface area contributed by atoms with Crippen LogP contribution >= 0.6 is 0 Å². The molecule has 1 heterocycles. The van der Waals surface area contributed by atoms with Gasteiger partial charge in [-0.2, -0.15) is 0 Å². The number of aryl methyl sites for hydroxylation is 1. The van der Waals surface area contributed by atoms with Crippen molar-refractivity contribution in [3.8, 4) is 0 Å². The van der Waals surface area contributed by atoms with E-state index in [1.807, 2.05) is 36.1 Å². The third kappa shape index (κ3) is 3.60. The Bertz CT molecular complexity index is 470. The van der Waals surface area contributed by atoms with Crippen LogP contribution in [-0.2, 0) is 0 Å². The molecule has 2 unspecified atom stereocenters. The second-order valence-corrected chi connectivity index (χ2v) is 6.41. The zero-order chi connectivity index (χ0) is 14.7. The number of piperazine rings is 1. The highest BCUT2D eigenvalue weighted by Crippen LogP contribution is 2.17. The van der Waals surface area contributed by atoms with Gasteiger partial charge in [0, 0.05) is 30.7 Å². The van der Waals surface area contributed by atoms with Crippen LogP contribution in [0.1, 0.15) is 43.1 Å². The van der Waals surface area contributed by atoms with Crippen LogP contribution in [0.15, 0.2) is 24.3 Å². The molecular weight excluding hydrogens is 248 g/mol. The van der Waals surface area contributed by atoms with Gasteiger partial charge in [-0.05, 0) is 38.3 Å². The van der Waals surface area contributed by atoms with Crippen LogP contribution in [0.2, 0.25) is 0 Å². The van der Waals surface area contributed by atoms with Crippen LogP contribution in [-0.4, -0.2) is 36.0 Å². The number of rotatable bonds is 3. The minimum absolute atomic E-state index is 0.163. The molecule has 1 fully saturated rings. The molecule has 2 atom stereocenters. The summed E-state index contributed by atoms with van der Waals surface area (Å²) in [6.45, 7) is 10.3. The van der Waals surface area contributed by atoms with Crippen molar-refractivity contribution in [1.82, 2.24) is 10.2 Å². The van der Waals surface area contributed by atoms with Gasteiger partial charge in [0.15, 0.2) is 0 Å². The molecule has 1 aliphatic heterocycles. The fraction of sp³-hybridized carbons (Fsp3) is 0.588. The molecule has 20 heavy (non-hydrogen) atoms. The van der Waals surface area contributed by atoms with E-state index in [-0.39, 0.29) is 11.9 Å². The predicted octanol–water partition coefficient (Wildman–Crippen LogP) is 2.84. The molecule has 3 nitrogen and oxygen atoms in total. The summed E-state index contributed by atoms with van der Waals surface area (Å²) in [5.41, 5.74) is 1.94. The Morgan fingerprint density at radius 1 is 1.45 bits per heavy atom. The van der Waals surface area contributed by atoms with Crippen molar-refractivity contribution in [2.24, 2.45) is 5.92 Å². The van der Waals surface area contributed by atoms with Crippen molar-refractivity contribution in [2.75, 3.05) is 13.1 Å². The lowest BCUT2D eigenvalue weighted by Gasteiger charge is -2.39. The lowest BCUT2D eigenvalue weighted by atomic mass is 9.99. The molecule has 1 saturated heterocycles. The summed E-state index contributed by atoms with van der Waals surface area (Å²) in [4.78, 5) is 14.7. The van der Waals surface area contributed by atoms with Crippen molar-refractivity contribution in [3.05, 3.63) is 35.4 Å². The Hall–Kier alpha value is -1.35. The first-order valence-corrected chi connectivity index (χ1v) is 7.58. The van der Waals surface area contributed by atoms with Crippen LogP contribution in [0.3, 0.4) is 0 Å². The summed E-state index contributed by atoms with van der Waals surface area (Å²) < 4.78 is 0. The Balaban J connectivity index is 2.10. The molecule has 0 radical (unpaired) electrons. The van der Waals surface area contributed by atoms with Gasteiger partial charge in [-0.25, -0.2) is 0 Å². The monoisotopic (exact) mass is 274 g/mol. The summed E-state index contributed by atoms with van der Waals surface area (Å²) in [7, 11) is 0. The first-order valence-electron chi connectivity index (χ1n) is 7.58. The topological polar surface area (TPSA) is 32.3 Å². The number of amides is 1. The maximum absolute atomic E-state index is 12.7. The fourth-order valence-corrected chi connectivity index (χ4v) is 2.88. The summed E-state index contributed by atoms with van der Waals surface area (Å²) in [5, 5.41) is 3.55. The smallest absolute Gasteiger partial charge is 0.254 e. The normalized spacial score (nSPS) is 23.1. The number of carbonyl (C=O) groups excluding carboxylic acids is 1. The van der Waals surface area contributed by atoms with E-state index in [9.17, 15) is 4.79 Å². The average molecular weight is 274 g/mol. The van der Waals surface area contributed by atoms with Crippen LogP contribution in [0, 0.1) is 12.8 Å². The first kappa shape index (κ1) is 15.0. The van der Waals surface area contributed by atoms with Crippen LogP contribution in [0.4, 0.5) is 0 Å². The lowest BCUT2D eigenvalue weighted by molar-refractivity contribution is 0.0595. The molecular formula is C17H26N2O. The van der Waals surface area contributed by atoms with Gasteiger partial charge in [-0.1, -0.05) is 31.5 Å². The molecule has 1 aromatic carbocycles. The highest BCUT2D eigenvalue weighted by Gasteiger charge is 2.29. The van der Waals surface area contributed by atoms with E-state index in [1.165, 1.54) is 0 Å². The van der Waals surface area contributed by atoms with Crippen molar-refractivity contribution < 1.29 is 4.79 Å². The van der Waals surface area contributed by atoms with Gasteiger partial charge < -0.3 is 10.2 Å². The minimum atomic E-state index is 0.163. The van der Waals surface area contributed by atoms with Gasteiger partial charge in [-0.3, -0.25) is 4.79 Å². The van der Waals surface area contributed by atoms with Gasteiger partial charge in [-0.15, -0.1) is 0 Å². The number of carbonyl (C=O) groups is 1. The maximum atomic E-state index is 12.7. The van der Waals surface area contributed by atoms with Gasteiger partial charge >= 0.3 is 0 Å². The first-order chi connectivity index (χ1) is 9.47. The van der Waals surface area contributed by atoms with Gasteiger partial charge in [0.05, 0.1) is 0 Å². The van der Waals surface area contributed by atoms with Crippen molar-refractivity contribution in [3.63, 3.8) is 0 Å². The minimum Gasteiger partial charge on any atom is -0.333 e. The Morgan fingerprint density at radius 2 is 2.20 bits per heavy atom. The Labute approximate surface area is 122 Å². The molecule has 0 spiro atoms. The fourth-order valence-electron chi connectivity index (χ4n) is 2.88. The molecule has 1 N–H and O–H groups in total. The number of hydrogen-bond donors (Lipinski definition) is 1. The van der Waals surface area contributed by atoms with Crippen molar-refractivity contribution in [1.29, 1.82) is 0 Å². The van der Waals surface area contributed by atoms with Crippen molar-refractivity contribution >= 4 is 5.91 Å². The van der Waals surface area contributed by atoms with Gasteiger partial charge in [0.1, 0.15) is 0 Å². The molecule has 0 aliphatic carbocycles. The average Bonchev–Trinajstić information content (AvgIpc) is 2.39. The second-order valence-electron chi connectivity index (χ2n) is 6.41. The molecule has 1 aliphatic rings. The Morgan fingerprint density at radius 3 is 2.85 bits per heavy atom. The molecule has 1 aromatic rings. The summed E-state index contributed by atoms with van der Waals surface area (Å²) in [6, 6.07) is 8.56. The van der Waals surface area contributed by atoms with Gasteiger partial charge in [0.2, 0.25) is 0 Å². The second kappa shape index (κ2) is 6.40. The largest absolute Gasteiger partial charge is 0.333 e. The van der Waals surface area contributed by atoms with Crippen LogP contribution < -0.4 is 5.32 Å². The van der Waals surface area contributed by atoms with E-state index in [0.29, 0.717) is 12.0 Å². The van der Waals surface area contributed by atoms with E-state index in [1.54, 1.807) is 0 Å². The van der Waals surface area contributed by atoms with E-state index < -0.39 is 0 Å². The van der Waals surface area contributed by atoms with E-state index in [2.05, 4.69) is 26.1 Å². The third-order valence-corrected chi connectivity index (χ3v) is 3.93. The molecule has 0 aromatic heterocycles. The molecule has 0 saturated carbocycles.